The summed E-state index contributed by atoms with van der Waals surface area (Å²) in [6, 6.07) is 0. The molecule has 1 N–H and O–H groups in total. The molecule has 1 atom stereocenters. The summed E-state index contributed by atoms with van der Waals surface area (Å²) in [6.45, 7) is 7.95. The van der Waals surface area contributed by atoms with E-state index in [0.717, 1.165) is 19.2 Å². The number of esters is 1. The molecule has 0 rings (SSSR count). The lowest BCUT2D eigenvalue weighted by Crippen LogP contribution is -2.46. The summed E-state index contributed by atoms with van der Waals surface area (Å²) in [7, 11) is -1.87. The SMILES string of the molecule is C=CC(=O)OCCC[N+](C)(CC)CCCS(=O)(=O)O. The Balaban J connectivity index is 4.01. The van der Waals surface area contributed by atoms with Crippen LogP contribution < -0.4 is 0 Å². The number of carbonyl (C=O) groups excluding carboxylic acids is 1. The molecule has 0 saturated carbocycles. The van der Waals surface area contributed by atoms with Crippen molar-refractivity contribution in [2.24, 2.45) is 0 Å². The second-order valence-corrected chi connectivity index (χ2v) is 6.32. The maximum Gasteiger partial charge on any atom is 0.330 e. The quantitative estimate of drug-likeness (QED) is 0.212. The number of hydrogen-bond donors (Lipinski definition) is 1. The Labute approximate surface area is 115 Å². The highest BCUT2D eigenvalue weighted by atomic mass is 32.2. The molecule has 0 aliphatic carbocycles. The molecule has 7 heteroatoms. The molecule has 0 aliphatic heterocycles. The second kappa shape index (κ2) is 8.29. The van der Waals surface area contributed by atoms with Gasteiger partial charge < -0.3 is 9.22 Å². The van der Waals surface area contributed by atoms with Gasteiger partial charge in [-0.05, 0) is 6.92 Å². The predicted molar refractivity (Wildman–Crippen MR) is 73.3 cm³/mol. The highest BCUT2D eigenvalue weighted by Crippen LogP contribution is 2.06. The average molecular weight is 294 g/mol. The maximum absolute atomic E-state index is 10.8. The van der Waals surface area contributed by atoms with Gasteiger partial charge in [-0.1, -0.05) is 6.58 Å². The number of carbonyl (C=O) groups is 1. The van der Waals surface area contributed by atoms with Gasteiger partial charge in [-0.25, -0.2) is 4.79 Å². The minimum atomic E-state index is -3.88. The van der Waals surface area contributed by atoms with Crippen molar-refractivity contribution in [1.82, 2.24) is 0 Å². The van der Waals surface area contributed by atoms with Crippen molar-refractivity contribution in [2.75, 3.05) is 39.0 Å². The summed E-state index contributed by atoms with van der Waals surface area (Å²) in [4.78, 5) is 10.8. The van der Waals surface area contributed by atoms with Crippen LogP contribution in [0.4, 0.5) is 0 Å². The molecule has 112 valence electrons. The van der Waals surface area contributed by atoms with Gasteiger partial charge in [0.25, 0.3) is 10.1 Å². The smallest absolute Gasteiger partial charge is 0.330 e. The van der Waals surface area contributed by atoms with Crippen LogP contribution in [-0.4, -0.2) is 62.5 Å². The van der Waals surface area contributed by atoms with Crippen molar-refractivity contribution in [3.8, 4) is 0 Å². The van der Waals surface area contributed by atoms with Crippen molar-refractivity contribution in [3.63, 3.8) is 0 Å². The normalized spacial score (nSPS) is 14.7. The second-order valence-electron chi connectivity index (χ2n) is 4.75. The monoisotopic (exact) mass is 294 g/mol. The van der Waals surface area contributed by atoms with E-state index in [4.69, 9.17) is 9.29 Å². The zero-order valence-electron chi connectivity index (χ0n) is 11.7. The highest BCUT2D eigenvalue weighted by molar-refractivity contribution is 7.85. The number of nitrogens with zero attached hydrogens (tertiary/aromatic N) is 1. The Hall–Kier alpha value is -0.920. The van der Waals surface area contributed by atoms with E-state index in [9.17, 15) is 13.2 Å². The average Bonchev–Trinajstić information content (AvgIpc) is 2.32. The zero-order valence-corrected chi connectivity index (χ0v) is 12.5. The summed E-state index contributed by atoms with van der Waals surface area (Å²) in [5.41, 5.74) is 0. The fourth-order valence-corrected chi connectivity index (χ4v) is 2.23. The van der Waals surface area contributed by atoms with Gasteiger partial charge in [-0.2, -0.15) is 8.42 Å². The molecule has 0 saturated heterocycles. The third-order valence-corrected chi connectivity index (χ3v) is 3.92. The molecule has 0 aromatic heterocycles. The van der Waals surface area contributed by atoms with E-state index >= 15 is 0 Å². The first-order valence-corrected chi connectivity index (χ1v) is 7.91. The Bertz CT molecular complexity index is 393. The molecule has 0 amide bonds. The Morgan fingerprint density at radius 1 is 1.37 bits per heavy atom. The lowest BCUT2D eigenvalue weighted by atomic mass is 10.3. The number of rotatable bonds is 10. The molecule has 6 nitrogen and oxygen atoms in total. The largest absolute Gasteiger partial charge is 0.462 e. The van der Waals surface area contributed by atoms with Crippen LogP contribution in [0.3, 0.4) is 0 Å². The van der Waals surface area contributed by atoms with Crippen molar-refractivity contribution in [1.29, 1.82) is 0 Å². The number of ether oxygens (including phenoxy) is 1. The van der Waals surface area contributed by atoms with Gasteiger partial charge in [0.15, 0.2) is 0 Å². The summed E-state index contributed by atoms with van der Waals surface area (Å²) < 4.78 is 35.6. The molecular formula is C12H24NO5S+. The van der Waals surface area contributed by atoms with E-state index in [0.29, 0.717) is 30.5 Å². The lowest BCUT2D eigenvalue weighted by Gasteiger charge is -2.33. The van der Waals surface area contributed by atoms with Crippen molar-refractivity contribution >= 4 is 16.1 Å². The summed E-state index contributed by atoms with van der Waals surface area (Å²) in [6.07, 6.45) is 2.24. The highest BCUT2D eigenvalue weighted by Gasteiger charge is 2.19. The van der Waals surface area contributed by atoms with Crippen LogP contribution in [0.15, 0.2) is 12.7 Å². The van der Waals surface area contributed by atoms with E-state index < -0.39 is 16.1 Å². The van der Waals surface area contributed by atoms with Gasteiger partial charge in [-0.3, -0.25) is 4.55 Å². The third kappa shape index (κ3) is 9.63. The Kier molecular flexibility index (Phi) is 7.89. The van der Waals surface area contributed by atoms with E-state index in [-0.39, 0.29) is 5.75 Å². The number of quaternary nitrogens is 1. The van der Waals surface area contributed by atoms with E-state index in [2.05, 4.69) is 6.58 Å². The molecule has 1 unspecified atom stereocenters. The molecule has 0 fully saturated rings. The summed E-state index contributed by atoms with van der Waals surface area (Å²) in [5, 5.41) is 0. The molecular weight excluding hydrogens is 270 g/mol. The van der Waals surface area contributed by atoms with Crippen molar-refractivity contribution in [2.45, 2.75) is 19.8 Å². The van der Waals surface area contributed by atoms with Crippen LogP contribution in [0, 0.1) is 0 Å². The van der Waals surface area contributed by atoms with Gasteiger partial charge >= 0.3 is 5.97 Å². The number of hydrogen-bond acceptors (Lipinski definition) is 4. The minimum Gasteiger partial charge on any atom is -0.462 e. The zero-order chi connectivity index (χ0) is 14.9. The standard InChI is InChI=1S/C12H23NO5S/c1-4-12(14)18-10-6-8-13(3,5-2)9-7-11-19(15,16)17/h4H,1,5-11H2,2-3H3/p+1. The first-order chi connectivity index (χ1) is 8.72. The van der Waals surface area contributed by atoms with Crippen LogP contribution in [-0.2, 0) is 19.6 Å². The van der Waals surface area contributed by atoms with E-state index in [1.165, 1.54) is 0 Å². The summed E-state index contributed by atoms with van der Waals surface area (Å²) in [5.74, 6) is -0.649. The van der Waals surface area contributed by atoms with Gasteiger partial charge in [0.1, 0.15) is 0 Å². The van der Waals surface area contributed by atoms with Crippen LogP contribution in [0.25, 0.3) is 0 Å². The van der Waals surface area contributed by atoms with E-state index in [1.54, 1.807) is 0 Å². The van der Waals surface area contributed by atoms with Gasteiger partial charge in [0, 0.05) is 18.9 Å². The fraction of sp³-hybridized carbons (Fsp3) is 0.750. The van der Waals surface area contributed by atoms with Crippen molar-refractivity contribution in [3.05, 3.63) is 12.7 Å². The molecule has 0 spiro atoms. The first-order valence-electron chi connectivity index (χ1n) is 6.30. The third-order valence-electron chi connectivity index (χ3n) is 3.12. The van der Waals surface area contributed by atoms with E-state index in [1.807, 2.05) is 14.0 Å². The summed E-state index contributed by atoms with van der Waals surface area (Å²) >= 11 is 0. The van der Waals surface area contributed by atoms with Crippen LogP contribution in [0.1, 0.15) is 19.8 Å². The molecule has 19 heavy (non-hydrogen) atoms. The van der Waals surface area contributed by atoms with Gasteiger partial charge in [0.05, 0.1) is 39.0 Å². The van der Waals surface area contributed by atoms with Gasteiger partial charge in [-0.15, -0.1) is 0 Å². The van der Waals surface area contributed by atoms with Gasteiger partial charge in [0.2, 0.25) is 0 Å². The molecule has 0 aromatic carbocycles. The molecule has 0 aliphatic rings. The minimum absolute atomic E-state index is 0.216. The van der Waals surface area contributed by atoms with Crippen LogP contribution in [0.2, 0.25) is 0 Å². The first kappa shape index (κ1) is 18.1. The van der Waals surface area contributed by atoms with Crippen LogP contribution in [0.5, 0.6) is 0 Å². The molecule has 0 aromatic rings. The molecule has 0 radical (unpaired) electrons. The molecule has 0 bridgehead atoms. The predicted octanol–water partition coefficient (Wildman–Crippen LogP) is 0.850. The Morgan fingerprint density at radius 2 is 1.95 bits per heavy atom. The topological polar surface area (TPSA) is 80.7 Å². The van der Waals surface area contributed by atoms with Crippen LogP contribution >= 0.6 is 0 Å². The maximum atomic E-state index is 10.8. The van der Waals surface area contributed by atoms with Crippen molar-refractivity contribution < 1.29 is 27.0 Å². The lowest BCUT2D eigenvalue weighted by molar-refractivity contribution is -0.908. The molecule has 0 heterocycles. The Morgan fingerprint density at radius 3 is 2.42 bits per heavy atom. The fourth-order valence-electron chi connectivity index (χ4n) is 1.73.